The van der Waals surface area contributed by atoms with Crippen LogP contribution in [0.2, 0.25) is 0 Å². The Hall–Kier alpha value is -0.603. The van der Waals surface area contributed by atoms with E-state index in [9.17, 15) is 0 Å². The molecule has 0 atom stereocenters. The molecule has 0 aliphatic rings. The number of hydrogen-bond acceptors (Lipinski definition) is 1. The van der Waals surface area contributed by atoms with Gasteiger partial charge in [0.1, 0.15) is 0 Å². The first kappa shape index (κ1) is 11.5. The molecule has 0 saturated carbocycles. The van der Waals surface area contributed by atoms with Crippen molar-refractivity contribution >= 4 is 10.2 Å². The minimum atomic E-state index is -0.157. The van der Waals surface area contributed by atoms with Crippen molar-refractivity contribution in [1.82, 2.24) is 0 Å². The molecule has 1 rings (SSSR count). The summed E-state index contributed by atoms with van der Waals surface area (Å²) in [6.45, 7) is 4.93. The molecule has 1 aromatic carbocycles. The van der Waals surface area contributed by atoms with Gasteiger partial charge in [-0.15, -0.1) is 0 Å². The van der Waals surface area contributed by atoms with Crippen molar-refractivity contribution in [3.05, 3.63) is 35.9 Å². The van der Waals surface area contributed by atoms with Crippen molar-refractivity contribution in [2.45, 2.75) is 38.5 Å². The zero-order chi connectivity index (χ0) is 10.4. The van der Waals surface area contributed by atoms with Gasteiger partial charge in [0.15, 0.2) is 0 Å². The van der Waals surface area contributed by atoms with Crippen molar-refractivity contribution in [3.63, 3.8) is 0 Å². The molecule has 3 radical (unpaired) electrons. The summed E-state index contributed by atoms with van der Waals surface area (Å²) in [6.07, 6.45) is 1.96. The van der Waals surface area contributed by atoms with Gasteiger partial charge in [0.2, 0.25) is 0 Å². The molecule has 0 aliphatic heterocycles. The third-order valence-electron chi connectivity index (χ3n) is 2.50. The van der Waals surface area contributed by atoms with E-state index in [0.717, 1.165) is 12.8 Å². The van der Waals surface area contributed by atoms with Crippen LogP contribution < -0.4 is 0 Å². The molecule has 0 spiro atoms. The Morgan fingerprint density at radius 2 is 1.71 bits per heavy atom. The largest absolute Gasteiger partial charge is 0.375 e. The molecule has 0 N–H and O–H groups in total. The molecular formula is C12H17OSi. The minimum absolute atomic E-state index is 0.157. The standard InChI is InChI=1S/C12H17OSi/c1-3-12(14,4-2)13-10-11-8-6-5-7-9-11/h5-9H,3-4,10H2,1-2H3. The third-order valence-corrected chi connectivity index (χ3v) is 3.35. The van der Waals surface area contributed by atoms with Crippen molar-refractivity contribution in [2.75, 3.05) is 0 Å². The fraction of sp³-hybridized carbons (Fsp3) is 0.500. The smallest absolute Gasteiger partial charge is 0.0719 e. The van der Waals surface area contributed by atoms with E-state index in [1.807, 2.05) is 18.2 Å². The van der Waals surface area contributed by atoms with Crippen molar-refractivity contribution in [3.8, 4) is 0 Å². The Balaban J connectivity index is 2.48. The van der Waals surface area contributed by atoms with Crippen molar-refractivity contribution in [1.29, 1.82) is 0 Å². The number of hydrogen-bond donors (Lipinski definition) is 0. The average molecular weight is 205 g/mol. The zero-order valence-electron chi connectivity index (χ0n) is 8.92. The van der Waals surface area contributed by atoms with Gasteiger partial charge in [0, 0.05) is 0 Å². The van der Waals surface area contributed by atoms with Crippen LogP contribution in [0.3, 0.4) is 0 Å². The van der Waals surface area contributed by atoms with Crippen molar-refractivity contribution in [2.24, 2.45) is 0 Å². The molecule has 1 aromatic rings. The average Bonchev–Trinajstić information content (AvgIpc) is 2.27. The van der Waals surface area contributed by atoms with Crippen LogP contribution in [-0.4, -0.2) is 15.5 Å². The van der Waals surface area contributed by atoms with Gasteiger partial charge in [0.05, 0.1) is 22.1 Å². The molecule has 0 amide bonds. The first-order valence-corrected chi connectivity index (χ1v) is 5.63. The second kappa shape index (κ2) is 5.32. The highest BCUT2D eigenvalue weighted by Gasteiger charge is 2.19. The Morgan fingerprint density at radius 1 is 1.14 bits per heavy atom. The van der Waals surface area contributed by atoms with Crippen LogP contribution >= 0.6 is 0 Å². The fourth-order valence-corrected chi connectivity index (χ4v) is 1.32. The second-order valence-corrected chi connectivity index (χ2v) is 4.39. The maximum absolute atomic E-state index is 5.83. The fourth-order valence-electron chi connectivity index (χ4n) is 1.25. The molecule has 0 bridgehead atoms. The van der Waals surface area contributed by atoms with E-state index in [1.165, 1.54) is 5.56 Å². The highest BCUT2D eigenvalue weighted by atomic mass is 28.1. The predicted octanol–water partition coefficient (Wildman–Crippen LogP) is 2.89. The Bertz CT molecular complexity index is 254. The lowest BCUT2D eigenvalue weighted by Crippen LogP contribution is -2.31. The molecule has 14 heavy (non-hydrogen) atoms. The summed E-state index contributed by atoms with van der Waals surface area (Å²) in [5.41, 5.74) is 1.22. The van der Waals surface area contributed by atoms with Crippen LogP contribution in [0, 0.1) is 0 Å². The van der Waals surface area contributed by atoms with Gasteiger partial charge >= 0.3 is 0 Å². The van der Waals surface area contributed by atoms with Gasteiger partial charge in [0.25, 0.3) is 0 Å². The second-order valence-electron chi connectivity index (χ2n) is 3.48. The van der Waals surface area contributed by atoms with Crippen LogP contribution in [0.4, 0.5) is 0 Å². The Morgan fingerprint density at radius 3 is 2.21 bits per heavy atom. The molecule has 0 fully saturated rings. The molecule has 0 aromatic heterocycles. The molecule has 0 saturated heterocycles. The predicted molar refractivity (Wildman–Crippen MR) is 60.3 cm³/mol. The summed E-state index contributed by atoms with van der Waals surface area (Å²) in [5, 5.41) is -0.157. The van der Waals surface area contributed by atoms with E-state index >= 15 is 0 Å². The molecule has 0 heterocycles. The van der Waals surface area contributed by atoms with Gasteiger partial charge in [-0.05, 0) is 18.4 Å². The van der Waals surface area contributed by atoms with Gasteiger partial charge in [-0.2, -0.15) is 0 Å². The van der Waals surface area contributed by atoms with Gasteiger partial charge < -0.3 is 4.74 Å². The minimum Gasteiger partial charge on any atom is -0.375 e. The summed E-state index contributed by atoms with van der Waals surface area (Å²) in [4.78, 5) is 0. The third kappa shape index (κ3) is 3.27. The highest BCUT2D eigenvalue weighted by Crippen LogP contribution is 2.17. The summed E-state index contributed by atoms with van der Waals surface area (Å²) in [6, 6.07) is 10.2. The molecule has 75 valence electrons. The first-order chi connectivity index (χ1) is 6.70. The van der Waals surface area contributed by atoms with E-state index in [0.29, 0.717) is 6.61 Å². The molecule has 2 heteroatoms. The lowest BCUT2D eigenvalue weighted by molar-refractivity contribution is 0.00109. The quantitative estimate of drug-likeness (QED) is 0.672. The van der Waals surface area contributed by atoms with E-state index in [-0.39, 0.29) is 5.22 Å². The number of benzene rings is 1. The lowest BCUT2D eigenvalue weighted by Gasteiger charge is -2.27. The van der Waals surface area contributed by atoms with E-state index in [1.54, 1.807) is 0 Å². The van der Waals surface area contributed by atoms with Gasteiger partial charge in [-0.1, -0.05) is 44.2 Å². The maximum Gasteiger partial charge on any atom is 0.0719 e. The number of rotatable bonds is 5. The highest BCUT2D eigenvalue weighted by molar-refractivity contribution is 6.14. The SMILES string of the molecule is CCC([Si])(CC)OCc1ccccc1. The van der Waals surface area contributed by atoms with Crippen molar-refractivity contribution < 1.29 is 4.74 Å². The van der Waals surface area contributed by atoms with E-state index in [4.69, 9.17) is 4.74 Å². The van der Waals surface area contributed by atoms with Crippen LogP contribution in [-0.2, 0) is 11.3 Å². The van der Waals surface area contributed by atoms with E-state index in [2.05, 4.69) is 36.2 Å². The first-order valence-electron chi connectivity index (χ1n) is 5.13. The van der Waals surface area contributed by atoms with Gasteiger partial charge in [-0.3, -0.25) is 0 Å². The maximum atomic E-state index is 5.83. The molecule has 1 nitrogen and oxygen atoms in total. The normalized spacial score (nSPS) is 11.6. The Kier molecular flexibility index (Phi) is 4.36. The summed E-state index contributed by atoms with van der Waals surface area (Å²) >= 11 is 0. The van der Waals surface area contributed by atoms with Crippen LogP contribution in [0.15, 0.2) is 30.3 Å². The molecular weight excluding hydrogens is 188 g/mol. The van der Waals surface area contributed by atoms with Gasteiger partial charge in [-0.25, -0.2) is 0 Å². The van der Waals surface area contributed by atoms with Crippen LogP contribution in [0.25, 0.3) is 0 Å². The Labute approximate surface area is 89.9 Å². The molecule has 0 aliphatic carbocycles. The lowest BCUT2D eigenvalue weighted by atomic mass is 10.2. The van der Waals surface area contributed by atoms with Crippen LogP contribution in [0.1, 0.15) is 32.3 Å². The number of ether oxygens (including phenoxy) is 1. The summed E-state index contributed by atoms with van der Waals surface area (Å²) < 4.78 is 5.83. The molecule has 0 unspecified atom stereocenters. The zero-order valence-corrected chi connectivity index (χ0v) is 9.92. The van der Waals surface area contributed by atoms with E-state index < -0.39 is 0 Å². The topological polar surface area (TPSA) is 9.23 Å². The van der Waals surface area contributed by atoms with Crippen LogP contribution in [0.5, 0.6) is 0 Å². The summed E-state index contributed by atoms with van der Waals surface area (Å²) in [5.74, 6) is 0. The summed E-state index contributed by atoms with van der Waals surface area (Å²) in [7, 11) is 3.67. The monoisotopic (exact) mass is 205 g/mol.